The molecule has 0 bridgehead atoms. The average Bonchev–Trinajstić information content (AvgIpc) is 3.07. The minimum atomic E-state index is -3.73. The summed E-state index contributed by atoms with van der Waals surface area (Å²) in [5, 5.41) is 9.30. The maximum absolute atomic E-state index is 12.9. The predicted octanol–water partition coefficient (Wildman–Crippen LogP) is 2.27. The molecule has 3 rings (SSSR count). The minimum absolute atomic E-state index is 0.0453. The van der Waals surface area contributed by atoms with Crippen LogP contribution in [0.15, 0.2) is 17.0 Å². The number of carboxylic acids is 1. The zero-order valence-electron chi connectivity index (χ0n) is 15.5. The van der Waals surface area contributed by atoms with Gasteiger partial charge in [0.1, 0.15) is 0 Å². The van der Waals surface area contributed by atoms with Gasteiger partial charge in [0.15, 0.2) is 0 Å². The summed E-state index contributed by atoms with van der Waals surface area (Å²) in [4.78, 5) is 13.8. The lowest BCUT2D eigenvalue weighted by molar-refractivity contribution is 0.0696. The Morgan fingerprint density at radius 2 is 2.12 bits per heavy atom. The van der Waals surface area contributed by atoms with E-state index in [0.717, 1.165) is 43.5 Å². The molecule has 1 saturated heterocycles. The van der Waals surface area contributed by atoms with Gasteiger partial charge in [-0.15, -0.1) is 0 Å². The number of aromatic carboxylic acids is 1. The number of benzene rings is 1. The van der Waals surface area contributed by atoms with Gasteiger partial charge in [0.05, 0.1) is 10.5 Å². The second-order valence-electron chi connectivity index (χ2n) is 7.71. The Morgan fingerprint density at radius 1 is 1.35 bits per heavy atom. The smallest absolute Gasteiger partial charge is 0.335 e. The van der Waals surface area contributed by atoms with E-state index in [-0.39, 0.29) is 16.5 Å². The molecule has 0 amide bonds. The van der Waals surface area contributed by atoms with Gasteiger partial charge in [0.25, 0.3) is 0 Å². The second-order valence-corrected chi connectivity index (χ2v) is 9.45. The molecule has 7 heteroatoms. The number of hydrogen-bond donors (Lipinski definition) is 2. The highest BCUT2D eigenvalue weighted by Crippen LogP contribution is 2.30. The molecule has 1 heterocycles. The highest BCUT2D eigenvalue weighted by molar-refractivity contribution is 7.89. The molecule has 144 valence electrons. The van der Waals surface area contributed by atoms with E-state index in [1.807, 2.05) is 6.92 Å². The molecule has 2 atom stereocenters. The molecule has 0 aromatic heterocycles. The van der Waals surface area contributed by atoms with Crippen molar-refractivity contribution in [1.82, 2.24) is 9.62 Å². The number of fused-ring (bicyclic) bond motifs is 1. The third kappa shape index (κ3) is 4.10. The van der Waals surface area contributed by atoms with Gasteiger partial charge >= 0.3 is 5.97 Å². The molecule has 0 radical (unpaired) electrons. The molecule has 26 heavy (non-hydrogen) atoms. The molecule has 2 unspecified atom stereocenters. The predicted molar refractivity (Wildman–Crippen MR) is 100 cm³/mol. The monoisotopic (exact) mass is 380 g/mol. The lowest BCUT2D eigenvalue weighted by Gasteiger charge is -2.35. The number of likely N-dealkylation sites (tertiary alicyclic amines) is 1. The fourth-order valence-corrected chi connectivity index (χ4v) is 5.55. The van der Waals surface area contributed by atoms with Crippen molar-refractivity contribution < 1.29 is 18.3 Å². The first-order valence-corrected chi connectivity index (χ1v) is 10.9. The molecule has 0 saturated carbocycles. The van der Waals surface area contributed by atoms with Crippen LogP contribution in [-0.2, 0) is 22.9 Å². The number of aryl methyl sites for hydroxylation is 1. The third-order valence-electron chi connectivity index (χ3n) is 5.59. The summed E-state index contributed by atoms with van der Waals surface area (Å²) in [7, 11) is -3.73. The van der Waals surface area contributed by atoms with E-state index < -0.39 is 16.0 Å². The number of nitrogens with zero attached hydrogens (tertiary/aromatic N) is 1. The minimum Gasteiger partial charge on any atom is -0.478 e. The van der Waals surface area contributed by atoms with Crippen molar-refractivity contribution in [2.45, 2.75) is 56.9 Å². The quantitative estimate of drug-likeness (QED) is 0.791. The standard InChI is InChI=1S/C19H28N2O4S/c1-13-5-4-8-21(12-13)14(2)11-20-26(24,25)18-10-16(19(22)23)9-15-6-3-7-17(15)18/h9-10,13-14,20H,3-8,11-12H2,1-2H3,(H,22,23). The summed E-state index contributed by atoms with van der Waals surface area (Å²) in [5.74, 6) is -0.454. The number of sulfonamides is 1. The van der Waals surface area contributed by atoms with Gasteiger partial charge in [-0.3, -0.25) is 4.90 Å². The summed E-state index contributed by atoms with van der Waals surface area (Å²) in [6, 6.07) is 3.03. The Balaban J connectivity index is 1.77. The molecule has 1 aromatic rings. The SMILES string of the molecule is CC1CCCN(C(C)CNS(=O)(=O)c2cc(C(=O)O)cc3c2CCC3)C1. The number of carbonyl (C=O) groups is 1. The number of nitrogens with one attached hydrogen (secondary N) is 1. The number of carboxylic acid groups (broad SMARTS) is 1. The van der Waals surface area contributed by atoms with Crippen LogP contribution in [0.1, 0.15) is 54.6 Å². The van der Waals surface area contributed by atoms with Crippen molar-refractivity contribution in [3.63, 3.8) is 0 Å². The summed E-state index contributed by atoms with van der Waals surface area (Å²) < 4.78 is 28.5. The fraction of sp³-hybridized carbons (Fsp3) is 0.632. The van der Waals surface area contributed by atoms with Crippen molar-refractivity contribution in [2.75, 3.05) is 19.6 Å². The van der Waals surface area contributed by atoms with Crippen LogP contribution >= 0.6 is 0 Å². The Labute approximate surface area is 155 Å². The molecule has 1 fully saturated rings. The van der Waals surface area contributed by atoms with Crippen LogP contribution in [0.25, 0.3) is 0 Å². The Bertz CT molecular complexity index is 791. The Hall–Kier alpha value is -1.44. The van der Waals surface area contributed by atoms with Crippen molar-refractivity contribution in [3.05, 3.63) is 28.8 Å². The van der Waals surface area contributed by atoms with Crippen LogP contribution in [-0.4, -0.2) is 50.1 Å². The van der Waals surface area contributed by atoms with Crippen LogP contribution in [0.5, 0.6) is 0 Å². The van der Waals surface area contributed by atoms with Gasteiger partial charge in [0, 0.05) is 19.1 Å². The van der Waals surface area contributed by atoms with Crippen LogP contribution < -0.4 is 4.72 Å². The lowest BCUT2D eigenvalue weighted by atomic mass is 9.99. The van der Waals surface area contributed by atoms with Gasteiger partial charge in [-0.2, -0.15) is 0 Å². The van der Waals surface area contributed by atoms with Crippen LogP contribution in [0.3, 0.4) is 0 Å². The molecule has 6 nitrogen and oxygen atoms in total. The highest BCUT2D eigenvalue weighted by atomic mass is 32.2. The van der Waals surface area contributed by atoms with E-state index in [2.05, 4.69) is 16.5 Å². The zero-order valence-corrected chi connectivity index (χ0v) is 16.3. The van der Waals surface area contributed by atoms with Gasteiger partial charge in [0.2, 0.25) is 10.0 Å². The summed E-state index contributed by atoms with van der Waals surface area (Å²) in [6.07, 6.45) is 4.66. The van der Waals surface area contributed by atoms with E-state index in [1.54, 1.807) is 6.07 Å². The molecule has 1 aromatic carbocycles. The second kappa shape index (κ2) is 7.66. The van der Waals surface area contributed by atoms with Crippen molar-refractivity contribution in [3.8, 4) is 0 Å². The topological polar surface area (TPSA) is 86.7 Å². The Kier molecular flexibility index (Phi) is 5.69. The molecule has 2 N–H and O–H groups in total. The zero-order chi connectivity index (χ0) is 18.9. The van der Waals surface area contributed by atoms with Crippen molar-refractivity contribution in [2.24, 2.45) is 5.92 Å². The summed E-state index contributed by atoms with van der Waals surface area (Å²) >= 11 is 0. The molecular formula is C19H28N2O4S. The third-order valence-corrected chi connectivity index (χ3v) is 7.08. The van der Waals surface area contributed by atoms with Crippen LogP contribution in [0.2, 0.25) is 0 Å². The average molecular weight is 381 g/mol. The van der Waals surface area contributed by atoms with Gasteiger partial charge < -0.3 is 5.11 Å². The van der Waals surface area contributed by atoms with Crippen molar-refractivity contribution in [1.29, 1.82) is 0 Å². The van der Waals surface area contributed by atoms with E-state index in [4.69, 9.17) is 0 Å². The van der Waals surface area contributed by atoms with Gasteiger partial charge in [-0.25, -0.2) is 17.9 Å². The molecule has 1 aliphatic carbocycles. The van der Waals surface area contributed by atoms with E-state index in [0.29, 0.717) is 18.9 Å². The lowest BCUT2D eigenvalue weighted by Crippen LogP contribution is -2.46. The fourth-order valence-electron chi connectivity index (χ4n) is 4.09. The maximum Gasteiger partial charge on any atom is 0.335 e. The highest BCUT2D eigenvalue weighted by Gasteiger charge is 2.27. The van der Waals surface area contributed by atoms with E-state index in [9.17, 15) is 18.3 Å². The van der Waals surface area contributed by atoms with E-state index >= 15 is 0 Å². The first-order chi connectivity index (χ1) is 12.3. The van der Waals surface area contributed by atoms with Crippen LogP contribution in [0.4, 0.5) is 0 Å². The van der Waals surface area contributed by atoms with E-state index in [1.165, 1.54) is 12.5 Å². The van der Waals surface area contributed by atoms with Crippen molar-refractivity contribution >= 4 is 16.0 Å². The number of piperidine rings is 1. The van der Waals surface area contributed by atoms with Gasteiger partial charge in [-0.1, -0.05) is 6.92 Å². The van der Waals surface area contributed by atoms with Crippen LogP contribution in [0, 0.1) is 5.92 Å². The molecule has 2 aliphatic rings. The maximum atomic E-state index is 12.9. The normalized spacial score (nSPS) is 22.2. The molecule has 0 spiro atoms. The largest absolute Gasteiger partial charge is 0.478 e. The van der Waals surface area contributed by atoms with Gasteiger partial charge in [-0.05, 0) is 74.8 Å². The molecule has 1 aliphatic heterocycles. The summed E-state index contributed by atoms with van der Waals surface area (Å²) in [5.41, 5.74) is 1.67. The number of rotatable bonds is 6. The summed E-state index contributed by atoms with van der Waals surface area (Å²) in [6.45, 7) is 6.59. The number of hydrogen-bond acceptors (Lipinski definition) is 4. The molecular weight excluding hydrogens is 352 g/mol. The first-order valence-electron chi connectivity index (χ1n) is 9.40. The Morgan fingerprint density at radius 3 is 2.81 bits per heavy atom. The first kappa shape index (κ1) is 19.3.